The van der Waals surface area contributed by atoms with Crippen LogP contribution in [0, 0.1) is 0 Å². The van der Waals surface area contributed by atoms with Gasteiger partial charge in [0.1, 0.15) is 5.82 Å². The van der Waals surface area contributed by atoms with Crippen LogP contribution < -0.4 is 16.6 Å². The van der Waals surface area contributed by atoms with Gasteiger partial charge in [-0.1, -0.05) is 0 Å². The van der Waals surface area contributed by atoms with Crippen LogP contribution in [-0.2, 0) is 4.79 Å². The number of nitrogens with zero attached hydrogens (tertiary/aromatic N) is 4. The highest BCUT2D eigenvalue weighted by atomic mass is 16.2. The maximum atomic E-state index is 11.5. The van der Waals surface area contributed by atoms with E-state index in [0.717, 1.165) is 11.8 Å². The van der Waals surface area contributed by atoms with Gasteiger partial charge in [0.05, 0.1) is 11.6 Å². The molecule has 1 atom stereocenters. The van der Waals surface area contributed by atoms with Gasteiger partial charge in [-0.15, -0.1) is 0 Å². The molecule has 5 N–H and O–H groups in total. The van der Waals surface area contributed by atoms with Crippen LogP contribution >= 0.6 is 0 Å². The Morgan fingerprint density at radius 3 is 3.10 bits per heavy atom. The molecule has 0 radical (unpaired) electrons. The summed E-state index contributed by atoms with van der Waals surface area (Å²) in [5, 5.41) is 10.9. The number of carbonyl (C=O) groups is 1. The lowest BCUT2D eigenvalue weighted by molar-refractivity contribution is -0.132. The zero-order chi connectivity index (χ0) is 14.1. The summed E-state index contributed by atoms with van der Waals surface area (Å²) >= 11 is 0. The van der Waals surface area contributed by atoms with E-state index in [4.69, 9.17) is 5.84 Å². The maximum absolute atomic E-state index is 11.5. The quantitative estimate of drug-likeness (QED) is 0.447. The van der Waals surface area contributed by atoms with Crippen LogP contribution in [0.25, 0.3) is 11.0 Å². The van der Waals surface area contributed by atoms with Gasteiger partial charge in [-0.3, -0.25) is 15.3 Å². The van der Waals surface area contributed by atoms with Crippen molar-refractivity contribution in [2.45, 2.75) is 18.9 Å². The topological polar surface area (TPSA) is 125 Å². The molecular weight excluding hydrogens is 260 g/mol. The Morgan fingerprint density at radius 1 is 1.50 bits per heavy atom. The third-order valence-electron chi connectivity index (χ3n) is 3.41. The summed E-state index contributed by atoms with van der Waals surface area (Å²) in [6.45, 7) is 0.646. The van der Waals surface area contributed by atoms with Crippen LogP contribution in [0.1, 0.15) is 12.8 Å². The summed E-state index contributed by atoms with van der Waals surface area (Å²) in [5.74, 6) is 6.50. The zero-order valence-electron chi connectivity index (χ0n) is 11.1. The number of nitrogen functional groups attached to an aromatic ring is 1. The second-order valence-electron chi connectivity index (χ2n) is 4.83. The number of nitrogens with two attached hydrogens (primary N) is 1. The molecular formula is C11H16N8O. The zero-order valence-corrected chi connectivity index (χ0v) is 11.1. The Bertz CT molecular complexity index is 638. The van der Waals surface area contributed by atoms with E-state index in [1.54, 1.807) is 18.1 Å². The minimum absolute atomic E-state index is 0.149. The molecule has 9 nitrogen and oxygen atoms in total. The first-order valence-electron chi connectivity index (χ1n) is 6.35. The highest BCUT2D eigenvalue weighted by Crippen LogP contribution is 2.22. The summed E-state index contributed by atoms with van der Waals surface area (Å²) in [7, 11) is 1.80. The van der Waals surface area contributed by atoms with E-state index in [0.29, 0.717) is 30.4 Å². The van der Waals surface area contributed by atoms with Crippen molar-refractivity contribution in [1.29, 1.82) is 0 Å². The molecule has 2 aromatic rings. The van der Waals surface area contributed by atoms with Gasteiger partial charge in [-0.05, 0) is 6.42 Å². The van der Waals surface area contributed by atoms with Crippen LogP contribution in [0.15, 0.2) is 6.20 Å². The largest absolute Gasteiger partial charge is 0.365 e. The van der Waals surface area contributed by atoms with Crippen molar-refractivity contribution in [2.75, 3.05) is 24.3 Å². The van der Waals surface area contributed by atoms with Crippen molar-refractivity contribution < 1.29 is 4.79 Å². The summed E-state index contributed by atoms with van der Waals surface area (Å²) < 4.78 is 0. The third kappa shape index (κ3) is 2.23. The molecule has 0 aliphatic carbocycles. The summed E-state index contributed by atoms with van der Waals surface area (Å²) in [5.41, 5.74) is 3.03. The standard InChI is InChI=1S/C11H16N8O/c1-19-5-6(2-3-8(19)20)14-9-7-4-13-18-10(7)16-11(15-9)17-12/h4,6H,2-3,5,12H2,1H3,(H3,13,14,15,16,17,18). The molecule has 3 heterocycles. The van der Waals surface area contributed by atoms with Crippen molar-refractivity contribution in [3.63, 3.8) is 0 Å². The first-order chi connectivity index (χ1) is 9.67. The highest BCUT2D eigenvalue weighted by molar-refractivity contribution is 5.87. The monoisotopic (exact) mass is 276 g/mol. The Labute approximate surface area is 114 Å². The lowest BCUT2D eigenvalue weighted by Gasteiger charge is -2.30. The van der Waals surface area contributed by atoms with Gasteiger partial charge in [0.25, 0.3) is 0 Å². The number of hydrogen-bond donors (Lipinski definition) is 4. The van der Waals surface area contributed by atoms with Crippen LogP contribution in [-0.4, -0.2) is 50.6 Å². The molecule has 1 aliphatic rings. The second kappa shape index (κ2) is 4.93. The molecule has 20 heavy (non-hydrogen) atoms. The number of hydrazine groups is 1. The lowest BCUT2D eigenvalue weighted by Crippen LogP contribution is -2.43. The van der Waals surface area contributed by atoms with Crippen molar-refractivity contribution in [1.82, 2.24) is 25.1 Å². The van der Waals surface area contributed by atoms with Crippen molar-refractivity contribution in [3.05, 3.63) is 6.20 Å². The fraction of sp³-hybridized carbons (Fsp3) is 0.455. The van der Waals surface area contributed by atoms with Gasteiger partial charge < -0.3 is 10.2 Å². The number of likely N-dealkylation sites (N-methyl/N-ethyl adjacent to an activating group) is 1. The number of amides is 1. The van der Waals surface area contributed by atoms with E-state index in [1.165, 1.54) is 0 Å². The van der Waals surface area contributed by atoms with E-state index in [9.17, 15) is 4.79 Å². The summed E-state index contributed by atoms with van der Waals surface area (Å²) in [6.07, 6.45) is 2.98. The molecule has 106 valence electrons. The molecule has 3 rings (SSSR count). The van der Waals surface area contributed by atoms with E-state index in [1.807, 2.05) is 0 Å². The van der Waals surface area contributed by atoms with E-state index in [2.05, 4.69) is 30.9 Å². The molecule has 0 bridgehead atoms. The molecule has 1 unspecified atom stereocenters. The van der Waals surface area contributed by atoms with Gasteiger partial charge in [-0.2, -0.15) is 15.1 Å². The number of piperidine rings is 1. The van der Waals surface area contributed by atoms with Crippen LogP contribution in [0.2, 0.25) is 0 Å². The Balaban J connectivity index is 1.86. The summed E-state index contributed by atoms with van der Waals surface area (Å²) in [4.78, 5) is 21.7. The predicted molar refractivity (Wildman–Crippen MR) is 73.8 cm³/mol. The Morgan fingerprint density at radius 2 is 2.35 bits per heavy atom. The summed E-state index contributed by atoms with van der Waals surface area (Å²) in [6, 6.07) is 0.149. The predicted octanol–water partition coefficient (Wildman–Crippen LogP) is -0.329. The maximum Gasteiger partial charge on any atom is 0.241 e. The average Bonchev–Trinajstić information content (AvgIpc) is 2.91. The van der Waals surface area contributed by atoms with Gasteiger partial charge >= 0.3 is 0 Å². The smallest absolute Gasteiger partial charge is 0.241 e. The second-order valence-corrected chi connectivity index (χ2v) is 4.83. The van der Waals surface area contributed by atoms with Crippen molar-refractivity contribution >= 4 is 28.7 Å². The normalized spacial score (nSPS) is 19.4. The van der Waals surface area contributed by atoms with Gasteiger partial charge in [0.15, 0.2) is 5.65 Å². The minimum Gasteiger partial charge on any atom is -0.365 e. The van der Waals surface area contributed by atoms with E-state index < -0.39 is 0 Å². The molecule has 1 fully saturated rings. The van der Waals surface area contributed by atoms with Gasteiger partial charge in [0, 0.05) is 26.1 Å². The molecule has 1 amide bonds. The fourth-order valence-corrected chi connectivity index (χ4v) is 2.33. The molecule has 2 aromatic heterocycles. The highest BCUT2D eigenvalue weighted by Gasteiger charge is 2.23. The SMILES string of the molecule is CN1CC(Nc2nc(NN)nc3[nH]ncc23)CCC1=O. The van der Waals surface area contributed by atoms with E-state index >= 15 is 0 Å². The number of nitrogens with one attached hydrogen (secondary N) is 3. The number of H-pyrrole nitrogens is 1. The van der Waals surface area contributed by atoms with Crippen molar-refractivity contribution in [2.24, 2.45) is 5.84 Å². The fourth-order valence-electron chi connectivity index (χ4n) is 2.33. The number of fused-ring (bicyclic) bond motifs is 1. The molecule has 1 saturated heterocycles. The van der Waals surface area contributed by atoms with Gasteiger partial charge in [-0.25, -0.2) is 5.84 Å². The number of likely N-dealkylation sites (tertiary alicyclic amines) is 1. The molecule has 1 aliphatic heterocycles. The molecule has 0 spiro atoms. The first kappa shape index (κ1) is 12.6. The third-order valence-corrected chi connectivity index (χ3v) is 3.41. The average molecular weight is 276 g/mol. The molecule has 9 heteroatoms. The van der Waals surface area contributed by atoms with E-state index in [-0.39, 0.29) is 11.9 Å². The van der Waals surface area contributed by atoms with Crippen LogP contribution in [0.3, 0.4) is 0 Å². The number of hydrogen-bond acceptors (Lipinski definition) is 7. The van der Waals surface area contributed by atoms with Gasteiger partial charge in [0.2, 0.25) is 11.9 Å². The van der Waals surface area contributed by atoms with Crippen LogP contribution in [0.4, 0.5) is 11.8 Å². The molecule has 0 saturated carbocycles. The number of carbonyl (C=O) groups excluding carboxylic acids is 1. The number of aromatic nitrogens is 4. The first-order valence-corrected chi connectivity index (χ1v) is 6.35. The number of rotatable bonds is 3. The van der Waals surface area contributed by atoms with Crippen LogP contribution in [0.5, 0.6) is 0 Å². The van der Waals surface area contributed by atoms with Crippen molar-refractivity contribution in [3.8, 4) is 0 Å². The lowest BCUT2D eigenvalue weighted by atomic mass is 10.1. The Hall–Kier alpha value is -2.42. The Kier molecular flexibility index (Phi) is 3.11. The number of anilines is 2. The number of aromatic amines is 1. The molecule has 0 aromatic carbocycles. The minimum atomic E-state index is 0.149.